The molecule has 0 fully saturated rings. The van der Waals surface area contributed by atoms with Gasteiger partial charge in [-0.3, -0.25) is 4.57 Å². The van der Waals surface area contributed by atoms with Gasteiger partial charge in [-0.15, -0.1) is 11.3 Å². The summed E-state index contributed by atoms with van der Waals surface area (Å²) in [5.74, 6) is 1.87. The first-order chi connectivity index (χ1) is 24.8. The minimum atomic E-state index is 0.595. The summed E-state index contributed by atoms with van der Waals surface area (Å²) in [6.07, 6.45) is 0. The van der Waals surface area contributed by atoms with Crippen molar-refractivity contribution in [3.8, 4) is 51.0 Å². The van der Waals surface area contributed by atoms with E-state index in [1.54, 1.807) is 0 Å². The third-order valence-corrected chi connectivity index (χ3v) is 10.8. The van der Waals surface area contributed by atoms with Gasteiger partial charge in [-0.05, 0) is 34.4 Å². The van der Waals surface area contributed by atoms with Crippen LogP contribution in [0, 0.1) is 0 Å². The van der Waals surface area contributed by atoms with E-state index in [2.05, 4.69) is 150 Å². The van der Waals surface area contributed by atoms with E-state index in [9.17, 15) is 0 Å². The molecule has 7 aromatic carbocycles. The van der Waals surface area contributed by atoms with Gasteiger partial charge in [0.1, 0.15) is 0 Å². The maximum atomic E-state index is 5.20. The van der Waals surface area contributed by atoms with Gasteiger partial charge in [0.15, 0.2) is 11.6 Å². The monoisotopic (exact) mass is 656 g/mol. The molecule has 0 atom stereocenters. The van der Waals surface area contributed by atoms with Crippen LogP contribution in [0.3, 0.4) is 0 Å². The summed E-state index contributed by atoms with van der Waals surface area (Å²) in [7, 11) is 0. The molecule has 0 N–H and O–H groups in total. The number of thiophene rings is 1. The van der Waals surface area contributed by atoms with E-state index in [4.69, 9.17) is 15.0 Å². The number of benzene rings is 7. The summed E-state index contributed by atoms with van der Waals surface area (Å²) in [4.78, 5) is 15.4. The number of hydrogen-bond acceptors (Lipinski definition) is 4. The third kappa shape index (κ3) is 4.63. The number of rotatable bonds is 5. The van der Waals surface area contributed by atoms with Crippen LogP contribution in [0.4, 0.5) is 0 Å². The highest BCUT2D eigenvalue weighted by molar-refractivity contribution is 7.27. The number of aromatic nitrogens is 4. The van der Waals surface area contributed by atoms with Gasteiger partial charge in [0.05, 0.1) is 11.0 Å². The molecule has 3 heterocycles. The maximum Gasteiger partial charge on any atom is 0.238 e. The van der Waals surface area contributed by atoms with Gasteiger partial charge in [-0.1, -0.05) is 158 Å². The first-order valence-electron chi connectivity index (χ1n) is 16.7. The molecule has 0 aliphatic rings. The van der Waals surface area contributed by atoms with Crippen LogP contribution in [0.15, 0.2) is 170 Å². The molecule has 0 spiro atoms. The molecule has 10 rings (SSSR count). The molecule has 50 heavy (non-hydrogen) atoms. The standard InChI is InChI=1S/C45H28N4S/c1-4-13-29(14-5-1)30-23-25-33(26-24-30)44-46-43(32-17-8-3-9-18-32)47-45(48-44)49-38-22-11-10-19-37(38)40-39(49)28-27-36-35-21-12-20-34(41(35)50-42(36)40)31-15-6-2-7-16-31/h1-28H. The Morgan fingerprint density at radius 1 is 0.360 bits per heavy atom. The molecule has 10 aromatic rings. The van der Waals surface area contributed by atoms with E-state index in [1.807, 2.05) is 35.6 Å². The largest absolute Gasteiger partial charge is 0.278 e. The van der Waals surface area contributed by atoms with Gasteiger partial charge >= 0.3 is 0 Å². The van der Waals surface area contributed by atoms with Crippen molar-refractivity contribution in [2.45, 2.75) is 0 Å². The lowest BCUT2D eigenvalue weighted by Gasteiger charge is -2.11. The molecule has 0 bridgehead atoms. The van der Waals surface area contributed by atoms with Gasteiger partial charge in [0.25, 0.3) is 0 Å². The number of hydrogen-bond donors (Lipinski definition) is 0. The molecule has 3 aromatic heterocycles. The Kier molecular flexibility index (Phi) is 6.64. The Morgan fingerprint density at radius 3 is 1.62 bits per heavy atom. The lowest BCUT2D eigenvalue weighted by molar-refractivity contribution is 0.953. The Labute approximate surface area is 292 Å². The molecular weight excluding hydrogens is 629 g/mol. The maximum absolute atomic E-state index is 5.20. The van der Waals surface area contributed by atoms with Crippen LogP contribution in [-0.2, 0) is 0 Å². The van der Waals surface area contributed by atoms with E-state index < -0.39 is 0 Å². The van der Waals surface area contributed by atoms with Crippen LogP contribution in [0.2, 0.25) is 0 Å². The molecule has 0 aliphatic heterocycles. The van der Waals surface area contributed by atoms with Crippen LogP contribution in [0.1, 0.15) is 0 Å². The van der Waals surface area contributed by atoms with Gasteiger partial charge < -0.3 is 0 Å². The zero-order valence-electron chi connectivity index (χ0n) is 26.9. The highest BCUT2D eigenvalue weighted by atomic mass is 32.1. The SMILES string of the molecule is c1ccc(-c2ccc(-c3nc(-c4ccccc4)nc(-n4c5ccccc5c5c6sc7c(-c8ccccc8)cccc7c6ccc54)n3)cc2)cc1. The molecule has 0 saturated carbocycles. The fraction of sp³-hybridized carbons (Fsp3) is 0. The Bertz CT molecular complexity index is 2840. The third-order valence-electron chi connectivity index (χ3n) is 9.49. The summed E-state index contributed by atoms with van der Waals surface area (Å²) in [5, 5.41) is 4.93. The van der Waals surface area contributed by atoms with Crippen molar-refractivity contribution in [2.75, 3.05) is 0 Å². The number of nitrogens with zero attached hydrogens (tertiary/aromatic N) is 4. The Balaban J connectivity index is 1.22. The smallest absolute Gasteiger partial charge is 0.238 e. The van der Waals surface area contributed by atoms with E-state index in [0.29, 0.717) is 17.6 Å². The Morgan fingerprint density at radius 2 is 0.900 bits per heavy atom. The molecular formula is C45H28N4S. The minimum absolute atomic E-state index is 0.595. The predicted molar refractivity (Wildman–Crippen MR) is 209 cm³/mol. The quantitative estimate of drug-likeness (QED) is 0.185. The van der Waals surface area contributed by atoms with Gasteiger partial charge in [0.2, 0.25) is 5.95 Å². The number of para-hydroxylation sites is 1. The number of fused-ring (bicyclic) bond motifs is 7. The summed E-state index contributed by atoms with van der Waals surface area (Å²) in [6, 6.07) is 59.5. The van der Waals surface area contributed by atoms with Crippen LogP contribution < -0.4 is 0 Å². The average molecular weight is 657 g/mol. The van der Waals surface area contributed by atoms with Crippen molar-refractivity contribution in [1.82, 2.24) is 19.5 Å². The zero-order chi connectivity index (χ0) is 33.0. The topological polar surface area (TPSA) is 43.6 Å². The predicted octanol–water partition coefficient (Wildman–Crippen LogP) is 12.0. The summed E-state index contributed by atoms with van der Waals surface area (Å²) < 4.78 is 4.78. The molecule has 4 nitrogen and oxygen atoms in total. The second kappa shape index (κ2) is 11.6. The van der Waals surface area contributed by atoms with Crippen molar-refractivity contribution >= 4 is 53.3 Å². The lowest BCUT2D eigenvalue weighted by Crippen LogP contribution is -2.06. The molecule has 234 valence electrons. The van der Waals surface area contributed by atoms with Gasteiger partial charge in [0, 0.05) is 42.1 Å². The van der Waals surface area contributed by atoms with Crippen molar-refractivity contribution in [2.24, 2.45) is 0 Å². The van der Waals surface area contributed by atoms with Crippen molar-refractivity contribution < 1.29 is 0 Å². The zero-order valence-corrected chi connectivity index (χ0v) is 27.7. The first-order valence-corrected chi connectivity index (χ1v) is 17.5. The van der Waals surface area contributed by atoms with E-state index in [1.165, 1.54) is 47.6 Å². The highest BCUT2D eigenvalue weighted by Crippen LogP contribution is 2.45. The fourth-order valence-electron chi connectivity index (χ4n) is 7.12. The van der Waals surface area contributed by atoms with Crippen LogP contribution in [0.25, 0.3) is 93.0 Å². The van der Waals surface area contributed by atoms with E-state index in [0.717, 1.165) is 27.7 Å². The van der Waals surface area contributed by atoms with Crippen LogP contribution in [0.5, 0.6) is 0 Å². The molecule has 0 unspecified atom stereocenters. The molecule has 5 heteroatoms. The fourth-order valence-corrected chi connectivity index (χ4v) is 8.51. The Hall–Kier alpha value is -6.43. The van der Waals surface area contributed by atoms with Gasteiger partial charge in [-0.25, -0.2) is 4.98 Å². The van der Waals surface area contributed by atoms with Crippen molar-refractivity contribution in [3.05, 3.63) is 170 Å². The average Bonchev–Trinajstić information content (AvgIpc) is 3.75. The van der Waals surface area contributed by atoms with Crippen molar-refractivity contribution in [1.29, 1.82) is 0 Å². The second-order valence-electron chi connectivity index (χ2n) is 12.4. The minimum Gasteiger partial charge on any atom is -0.278 e. The molecule has 0 radical (unpaired) electrons. The van der Waals surface area contributed by atoms with E-state index in [-0.39, 0.29) is 0 Å². The lowest BCUT2D eigenvalue weighted by atomic mass is 10.0. The van der Waals surface area contributed by atoms with Crippen LogP contribution >= 0.6 is 11.3 Å². The van der Waals surface area contributed by atoms with Crippen molar-refractivity contribution in [3.63, 3.8) is 0 Å². The van der Waals surface area contributed by atoms with Crippen LogP contribution in [-0.4, -0.2) is 19.5 Å². The molecule has 0 aliphatic carbocycles. The second-order valence-corrected chi connectivity index (χ2v) is 13.5. The van der Waals surface area contributed by atoms with Gasteiger partial charge in [-0.2, -0.15) is 9.97 Å². The summed E-state index contributed by atoms with van der Waals surface area (Å²) >= 11 is 1.87. The molecule has 0 amide bonds. The van der Waals surface area contributed by atoms with E-state index >= 15 is 0 Å². The summed E-state index contributed by atoms with van der Waals surface area (Å²) in [6.45, 7) is 0. The summed E-state index contributed by atoms with van der Waals surface area (Å²) in [5.41, 5.74) is 8.82. The highest BCUT2D eigenvalue weighted by Gasteiger charge is 2.21. The normalized spacial score (nSPS) is 11.6. The first kappa shape index (κ1) is 28.6. The molecule has 0 saturated heterocycles.